The van der Waals surface area contributed by atoms with Crippen molar-refractivity contribution < 1.29 is 13.9 Å². The Bertz CT molecular complexity index is 786. The highest BCUT2D eigenvalue weighted by Crippen LogP contribution is 2.27. The molecule has 2 aromatic carbocycles. The zero-order valence-electron chi connectivity index (χ0n) is 10.4. The number of ether oxygens (including phenoxy) is 1. The van der Waals surface area contributed by atoms with Crippen LogP contribution >= 0.6 is 0 Å². The third-order valence-corrected chi connectivity index (χ3v) is 2.89. The van der Waals surface area contributed by atoms with Crippen molar-refractivity contribution in [2.75, 3.05) is 0 Å². The number of halogens is 1. The van der Waals surface area contributed by atoms with Crippen LogP contribution in [0.5, 0.6) is 11.6 Å². The second-order valence-electron chi connectivity index (χ2n) is 4.23. The molecule has 1 aromatic heterocycles. The first-order chi connectivity index (χ1) is 9.78. The molecule has 0 bridgehead atoms. The minimum Gasteiger partial charge on any atom is -0.435 e. The number of aromatic nitrogens is 1. The SMILES string of the molecule is O=Cc1cc2ccccc2nc1Oc1ccccc1F. The molecule has 0 atom stereocenters. The average molecular weight is 267 g/mol. The Balaban J connectivity index is 2.10. The van der Waals surface area contributed by atoms with E-state index in [-0.39, 0.29) is 17.2 Å². The van der Waals surface area contributed by atoms with Crippen LogP contribution in [0.4, 0.5) is 4.39 Å². The quantitative estimate of drug-likeness (QED) is 0.674. The molecule has 0 aliphatic rings. The summed E-state index contributed by atoms with van der Waals surface area (Å²) in [7, 11) is 0. The topological polar surface area (TPSA) is 39.2 Å². The Labute approximate surface area is 114 Å². The van der Waals surface area contributed by atoms with Gasteiger partial charge in [0.2, 0.25) is 5.88 Å². The van der Waals surface area contributed by atoms with Crippen LogP contribution in [0, 0.1) is 5.82 Å². The molecule has 98 valence electrons. The maximum Gasteiger partial charge on any atom is 0.230 e. The monoisotopic (exact) mass is 267 g/mol. The van der Waals surface area contributed by atoms with Gasteiger partial charge in [0.05, 0.1) is 11.1 Å². The van der Waals surface area contributed by atoms with E-state index in [2.05, 4.69) is 4.98 Å². The van der Waals surface area contributed by atoms with Crippen LogP contribution in [0.25, 0.3) is 10.9 Å². The standard InChI is InChI=1S/C16H10FNO2/c17-13-6-2-4-8-15(13)20-16-12(10-19)9-11-5-1-3-7-14(11)18-16/h1-10H. The number of carbonyl (C=O) groups excluding carboxylic acids is 1. The second-order valence-corrected chi connectivity index (χ2v) is 4.23. The van der Waals surface area contributed by atoms with E-state index in [9.17, 15) is 9.18 Å². The molecule has 20 heavy (non-hydrogen) atoms. The number of carbonyl (C=O) groups is 1. The third kappa shape index (κ3) is 2.23. The summed E-state index contributed by atoms with van der Waals surface area (Å²) in [4.78, 5) is 15.4. The number of fused-ring (bicyclic) bond motifs is 1. The Kier molecular flexibility index (Phi) is 3.13. The van der Waals surface area contributed by atoms with Crippen LogP contribution < -0.4 is 4.74 Å². The van der Waals surface area contributed by atoms with Crippen LogP contribution in [0.2, 0.25) is 0 Å². The van der Waals surface area contributed by atoms with Gasteiger partial charge >= 0.3 is 0 Å². The summed E-state index contributed by atoms with van der Waals surface area (Å²) in [6, 6.07) is 15.0. The van der Waals surface area contributed by atoms with Gasteiger partial charge in [-0.3, -0.25) is 4.79 Å². The summed E-state index contributed by atoms with van der Waals surface area (Å²) >= 11 is 0. The first-order valence-electron chi connectivity index (χ1n) is 6.05. The van der Waals surface area contributed by atoms with Crippen molar-refractivity contribution in [2.24, 2.45) is 0 Å². The molecule has 0 aliphatic heterocycles. The van der Waals surface area contributed by atoms with Crippen molar-refractivity contribution in [1.29, 1.82) is 0 Å². The number of para-hydroxylation sites is 2. The summed E-state index contributed by atoms with van der Waals surface area (Å²) in [5.74, 6) is -0.360. The van der Waals surface area contributed by atoms with Crippen LogP contribution in [-0.4, -0.2) is 11.3 Å². The number of hydrogen-bond donors (Lipinski definition) is 0. The van der Waals surface area contributed by atoms with Crippen molar-refractivity contribution in [3.8, 4) is 11.6 Å². The highest BCUT2D eigenvalue weighted by molar-refractivity contribution is 5.88. The smallest absolute Gasteiger partial charge is 0.230 e. The number of benzene rings is 2. The molecular formula is C16H10FNO2. The maximum absolute atomic E-state index is 13.6. The van der Waals surface area contributed by atoms with E-state index < -0.39 is 5.82 Å². The molecule has 1 heterocycles. The predicted molar refractivity (Wildman–Crippen MR) is 73.6 cm³/mol. The van der Waals surface area contributed by atoms with Crippen molar-refractivity contribution in [1.82, 2.24) is 4.98 Å². The number of nitrogens with zero attached hydrogens (tertiary/aromatic N) is 1. The van der Waals surface area contributed by atoms with Crippen LogP contribution in [0.15, 0.2) is 54.6 Å². The normalized spacial score (nSPS) is 10.4. The Morgan fingerprint density at radius 2 is 1.80 bits per heavy atom. The van der Waals surface area contributed by atoms with Crippen molar-refractivity contribution >= 4 is 17.2 Å². The minimum atomic E-state index is -0.501. The van der Waals surface area contributed by atoms with Gasteiger partial charge in [-0.2, -0.15) is 0 Å². The summed E-state index contributed by atoms with van der Waals surface area (Å²) in [5, 5.41) is 0.829. The fraction of sp³-hybridized carbons (Fsp3) is 0. The number of pyridine rings is 1. The summed E-state index contributed by atoms with van der Waals surface area (Å²) in [5.41, 5.74) is 0.969. The number of hydrogen-bond acceptors (Lipinski definition) is 3. The minimum absolute atomic E-state index is 0.0402. The third-order valence-electron chi connectivity index (χ3n) is 2.89. The van der Waals surface area contributed by atoms with Crippen LogP contribution in [0.3, 0.4) is 0 Å². The zero-order valence-corrected chi connectivity index (χ0v) is 10.4. The van der Waals surface area contributed by atoms with Gasteiger partial charge in [0.15, 0.2) is 17.9 Å². The summed E-state index contributed by atoms with van der Waals surface area (Å²) in [6.07, 6.45) is 0.648. The summed E-state index contributed by atoms with van der Waals surface area (Å²) in [6.45, 7) is 0. The van der Waals surface area contributed by atoms with Gasteiger partial charge in [-0.25, -0.2) is 9.37 Å². The molecular weight excluding hydrogens is 257 g/mol. The summed E-state index contributed by atoms with van der Waals surface area (Å²) < 4.78 is 19.0. The molecule has 0 radical (unpaired) electrons. The van der Waals surface area contributed by atoms with Gasteiger partial charge in [0.1, 0.15) is 0 Å². The molecule has 0 saturated heterocycles. The van der Waals surface area contributed by atoms with Crippen molar-refractivity contribution in [3.63, 3.8) is 0 Å². The Morgan fingerprint density at radius 3 is 2.60 bits per heavy atom. The molecule has 0 amide bonds. The first-order valence-corrected chi connectivity index (χ1v) is 6.05. The molecule has 0 spiro atoms. The van der Waals surface area contributed by atoms with Gasteiger partial charge in [-0.05, 0) is 24.3 Å². The van der Waals surface area contributed by atoms with E-state index in [4.69, 9.17) is 4.74 Å². The van der Waals surface area contributed by atoms with E-state index >= 15 is 0 Å². The van der Waals surface area contributed by atoms with Gasteiger partial charge in [-0.1, -0.05) is 30.3 Å². The molecule has 4 heteroatoms. The molecule has 0 saturated carbocycles. The average Bonchev–Trinajstić information content (AvgIpc) is 2.49. The fourth-order valence-electron chi connectivity index (χ4n) is 1.91. The van der Waals surface area contributed by atoms with Crippen LogP contribution in [-0.2, 0) is 0 Å². The lowest BCUT2D eigenvalue weighted by atomic mass is 10.1. The van der Waals surface area contributed by atoms with Crippen molar-refractivity contribution in [2.45, 2.75) is 0 Å². The highest BCUT2D eigenvalue weighted by atomic mass is 19.1. The maximum atomic E-state index is 13.6. The van der Waals surface area contributed by atoms with Gasteiger partial charge in [-0.15, -0.1) is 0 Å². The lowest BCUT2D eigenvalue weighted by molar-refractivity contribution is 0.112. The van der Waals surface area contributed by atoms with Gasteiger partial charge < -0.3 is 4.74 Å². The van der Waals surface area contributed by atoms with E-state index in [0.29, 0.717) is 11.8 Å². The van der Waals surface area contributed by atoms with E-state index in [1.165, 1.54) is 12.1 Å². The lowest BCUT2D eigenvalue weighted by Crippen LogP contribution is -1.96. The molecule has 0 aliphatic carbocycles. The molecule has 0 fully saturated rings. The molecule has 0 N–H and O–H groups in total. The van der Waals surface area contributed by atoms with Gasteiger partial charge in [0, 0.05) is 5.39 Å². The number of aldehydes is 1. The van der Waals surface area contributed by atoms with E-state index in [1.54, 1.807) is 24.3 Å². The fourth-order valence-corrected chi connectivity index (χ4v) is 1.91. The first kappa shape index (κ1) is 12.3. The van der Waals surface area contributed by atoms with Crippen LogP contribution in [0.1, 0.15) is 10.4 Å². The zero-order chi connectivity index (χ0) is 13.9. The van der Waals surface area contributed by atoms with Gasteiger partial charge in [0.25, 0.3) is 0 Å². The largest absolute Gasteiger partial charge is 0.435 e. The second kappa shape index (κ2) is 5.09. The number of rotatable bonds is 3. The Morgan fingerprint density at radius 1 is 1.05 bits per heavy atom. The molecule has 0 unspecified atom stereocenters. The van der Waals surface area contributed by atoms with Crippen molar-refractivity contribution in [3.05, 3.63) is 66.0 Å². The predicted octanol–water partition coefficient (Wildman–Crippen LogP) is 3.98. The lowest BCUT2D eigenvalue weighted by Gasteiger charge is -2.09. The molecule has 3 nitrogen and oxygen atoms in total. The van der Waals surface area contributed by atoms with E-state index in [0.717, 1.165) is 5.39 Å². The Hall–Kier alpha value is -2.75. The highest BCUT2D eigenvalue weighted by Gasteiger charge is 2.11. The van der Waals surface area contributed by atoms with E-state index in [1.807, 2.05) is 18.2 Å². The molecule has 3 rings (SSSR count). The molecule has 3 aromatic rings.